The van der Waals surface area contributed by atoms with E-state index in [0.29, 0.717) is 12.2 Å². The summed E-state index contributed by atoms with van der Waals surface area (Å²) >= 11 is 0. The summed E-state index contributed by atoms with van der Waals surface area (Å²) in [5.41, 5.74) is 0.812. The Labute approximate surface area is 113 Å². The largest absolute Gasteiger partial charge is 0.393 e. The molecule has 2 rings (SSSR count). The lowest BCUT2D eigenvalue weighted by Crippen LogP contribution is -2.40. The third kappa shape index (κ3) is 2.95. The number of carbonyl (C=O) groups excluding carboxylic acids is 1. The lowest BCUT2D eigenvalue weighted by Gasteiger charge is -2.36. The Morgan fingerprint density at radius 1 is 1.53 bits per heavy atom. The van der Waals surface area contributed by atoms with Gasteiger partial charge in [0.1, 0.15) is 5.82 Å². The van der Waals surface area contributed by atoms with Gasteiger partial charge in [-0.2, -0.15) is 0 Å². The standard InChI is InChI=1S/C15H20FNO2/c1-10(18)12-5-4-8-17(9-12)14-7-3-6-13(16)15(14)11(2)19/h3,6-7,10,12,18H,4-5,8-9H2,1-2H3. The number of rotatable bonds is 3. The summed E-state index contributed by atoms with van der Waals surface area (Å²) in [4.78, 5) is 13.6. The first-order chi connectivity index (χ1) is 9.00. The molecule has 0 radical (unpaired) electrons. The van der Waals surface area contributed by atoms with E-state index >= 15 is 0 Å². The van der Waals surface area contributed by atoms with Gasteiger partial charge >= 0.3 is 0 Å². The maximum Gasteiger partial charge on any atom is 0.164 e. The number of nitrogens with zero attached hydrogens (tertiary/aromatic N) is 1. The Morgan fingerprint density at radius 2 is 2.26 bits per heavy atom. The van der Waals surface area contributed by atoms with Crippen LogP contribution in [-0.2, 0) is 0 Å². The van der Waals surface area contributed by atoms with Gasteiger partial charge in [0.05, 0.1) is 17.4 Å². The van der Waals surface area contributed by atoms with E-state index in [-0.39, 0.29) is 23.4 Å². The van der Waals surface area contributed by atoms with Crippen molar-refractivity contribution in [2.24, 2.45) is 5.92 Å². The van der Waals surface area contributed by atoms with Crippen molar-refractivity contribution in [3.05, 3.63) is 29.6 Å². The first kappa shape index (κ1) is 14.0. The maximum atomic E-state index is 13.8. The number of aliphatic hydroxyl groups is 1. The summed E-state index contributed by atoms with van der Waals surface area (Å²) in [6.07, 6.45) is 1.54. The van der Waals surface area contributed by atoms with Crippen LogP contribution in [0.5, 0.6) is 0 Å². The van der Waals surface area contributed by atoms with Gasteiger partial charge in [0.25, 0.3) is 0 Å². The highest BCUT2D eigenvalue weighted by molar-refractivity contribution is 6.00. The van der Waals surface area contributed by atoms with E-state index in [9.17, 15) is 14.3 Å². The molecule has 0 spiro atoms. The second kappa shape index (κ2) is 5.70. The van der Waals surface area contributed by atoms with Crippen LogP contribution in [0, 0.1) is 11.7 Å². The number of carbonyl (C=O) groups is 1. The van der Waals surface area contributed by atoms with E-state index in [2.05, 4.69) is 0 Å². The van der Waals surface area contributed by atoms with E-state index in [1.807, 2.05) is 4.90 Å². The average Bonchev–Trinajstić information content (AvgIpc) is 2.38. The number of aliphatic hydroxyl groups excluding tert-OH is 1. The Balaban J connectivity index is 2.31. The highest BCUT2D eigenvalue weighted by Crippen LogP contribution is 2.29. The highest BCUT2D eigenvalue weighted by Gasteiger charge is 2.26. The molecule has 2 unspecified atom stereocenters. The van der Waals surface area contributed by atoms with Crippen molar-refractivity contribution in [3.8, 4) is 0 Å². The number of benzene rings is 1. The smallest absolute Gasteiger partial charge is 0.164 e. The van der Waals surface area contributed by atoms with Gasteiger partial charge in [-0.3, -0.25) is 4.79 Å². The Bertz CT molecular complexity index is 473. The van der Waals surface area contributed by atoms with Crippen molar-refractivity contribution in [1.29, 1.82) is 0 Å². The Hall–Kier alpha value is -1.42. The van der Waals surface area contributed by atoms with Gasteiger partial charge in [-0.15, -0.1) is 0 Å². The molecule has 1 N–H and O–H groups in total. The van der Waals surface area contributed by atoms with Gasteiger partial charge in [0.15, 0.2) is 5.78 Å². The molecule has 2 atom stereocenters. The van der Waals surface area contributed by atoms with Gasteiger partial charge in [-0.25, -0.2) is 4.39 Å². The van der Waals surface area contributed by atoms with Crippen LogP contribution in [0.15, 0.2) is 18.2 Å². The first-order valence-corrected chi connectivity index (χ1v) is 6.73. The van der Waals surface area contributed by atoms with Crippen LogP contribution in [0.2, 0.25) is 0 Å². The van der Waals surface area contributed by atoms with E-state index in [4.69, 9.17) is 0 Å². The molecule has 1 aromatic carbocycles. The predicted octanol–water partition coefficient (Wildman–Crippen LogP) is 2.63. The van der Waals surface area contributed by atoms with Crippen LogP contribution >= 0.6 is 0 Å². The first-order valence-electron chi connectivity index (χ1n) is 6.73. The molecular weight excluding hydrogens is 245 g/mol. The van der Waals surface area contributed by atoms with Crippen LogP contribution in [0.4, 0.5) is 10.1 Å². The molecule has 1 heterocycles. The summed E-state index contributed by atoms with van der Waals surface area (Å²) in [7, 11) is 0. The molecule has 1 fully saturated rings. The zero-order chi connectivity index (χ0) is 14.0. The highest BCUT2D eigenvalue weighted by atomic mass is 19.1. The fourth-order valence-electron chi connectivity index (χ4n) is 2.75. The number of Topliss-reactive ketones (excluding diaryl/α,β-unsaturated/α-hetero) is 1. The Kier molecular flexibility index (Phi) is 4.20. The number of hydrogen-bond donors (Lipinski definition) is 1. The minimum Gasteiger partial charge on any atom is -0.393 e. The van der Waals surface area contributed by atoms with Gasteiger partial charge < -0.3 is 10.0 Å². The lowest BCUT2D eigenvalue weighted by molar-refractivity contribution is 0.101. The maximum absolute atomic E-state index is 13.8. The molecule has 1 aromatic rings. The lowest BCUT2D eigenvalue weighted by atomic mass is 9.92. The second-order valence-corrected chi connectivity index (χ2v) is 5.28. The van der Waals surface area contributed by atoms with Crippen LogP contribution in [0.25, 0.3) is 0 Å². The third-order valence-corrected chi connectivity index (χ3v) is 3.82. The number of ketones is 1. The minimum absolute atomic E-state index is 0.161. The van der Waals surface area contributed by atoms with Crippen molar-refractivity contribution in [1.82, 2.24) is 0 Å². The summed E-state index contributed by atoms with van der Waals surface area (Å²) < 4.78 is 13.8. The van der Waals surface area contributed by atoms with Gasteiger partial charge in [0.2, 0.25) is 0 Å². The summed E-state index contributed by atoms with van der Waals surface area (Å²) in [6, 6.07) is 4.73. The van der Waals surface area contributed by atoms with Crippen molar-refractivity contribution in [2.45, 2.75) is 32.8 Å². The van der Waals surface area contributed by atoms with Crippen LogP contribution in [0.1, 0.15) is 37.0 Å². The fraction of sp³-hybridized carbons (Fsp3) is 0.533. The molecule has 1 aliphatic rings. The molecule has 0 amide bonds. The van der Waals surface area contributed by atoms with Gasteiger partial charge in [0, 0.05) is 19.0 Å². The number of piperidine rings is 1. The predicted molar refractivity (Wildman–Crippen MR) is 73.0 cm³/mol. The van der Waals surface area contributed by atoms with Crippen molar-refractivity contribution < 1.29 is 14.3 Å². The van der Waals surface area contributed by atoms with Crippen molar-refractivity contribution >= 4 is 11.5 Å². The summed E-state index contributed by atoms with van der Waals surface area (Å²) in [5.74, 6) is -0.548. The third-order valence-electron chi connectivity index (χ3n) is 3.82. The van der Waals surface area contributed by atoms with Gasteiger partial charge in [-0.05, 0) is 38.8 Å². The van der Waals surface area contributed by atoms with E-state index in [0.717, 1.165) is 19.4 Å². The number of halogens is 1. The topological polar surface area (TPSA) is 40.5 Å². The summed E-state index contributed by atoms with van der Waals surface area (Å²) in [6.45, 7) is 4.64. The average molecular weight is 265 g/mol. The fourth-order valence-corrected chi connectivity index (χ4v) is 2.75. The molecular formula is C15H20FNO2. The molecule has 19 heavy (non-hydrogen) atoms. The quantitative estimate of drug-likeness (QED) is 0.854. The molecule has 4 heteroatoms. The van der Waals surface area contributed by atoms with E-state index in [1.54, 1.807) is 19.1 Å². The SMILES string of the molecule is CC(=O)c1c(F)cccc1N1CCCC(C(C)O)C1. The molecule has 1 aliphatic heterocycles. The van der Waals surface area contributed by atoms with Crippen LogP contribution in [0.3, 0.4) is 0 Å². The van der Waals surface area contributed by atoms with Crippen LogP contribution in [-0.4, -0.2) is 30.1 Å². The van der Waals surface area contributed by atoms with Crippen molar-refractivity contribution in [3.63, 3.8) is 0 Å². The van der Waals surface area contributed by atoms with Crippen molar-refractivity contribution in [2.75, 3.05) is 18.0 Å². The van der Waals surface area contributed by atoms with Gasteiger partial charge in [-0.1, -0.05) is 6.07 Å². The molecule has 3 nitrogen and oxygen atoms in total. The van der Waals surface area contributed by atoms with Crippen LogP contribution < -0.4 is 4.90 Å². The molecule has 104 valence electrons. The Morgan fingerprint density at radius 3 is 2.89 bits per heavy atom. The van der Waals surface area contributed by atoms with E-state index < -0.39 is 5.82 Å². The molecule has 0 aromatic heterocycles. The summed E-state index contributed by atoms with van der Waals surface area (Å²) in [5, 5.41) is 9.71. The normalized spacial score (nSPS) is 21.3. The molecule has 0 saturated carbocycles. The minimum atomic E-state index is -0.468. The molecule has 0 aliphatic carbocycles. The molecule has 1 saturated heterocycles. The zero-order valence-corrected chi connectivity index (χ0v) is 11.4. The monoisotopic (exact) mass is 265 g/mol. The second-order valence-electron chi connectivity index (χ2n) is 5.28. The molecule has 0 bridgehead atoms. The number of anilines is 1. The zero-order valence-electron chi connectivity index (χ0n) is 11.4. The van der Waals surface area contributed by atoms with E-state index in [1.165, 1.54) is 13.0 Å². The number of hydrogen-bond acceptors (Lipinski definition) is 3.